The second kappa shape index (κ2) is 7.58. The third-order valence-corrected chi connectivity index (χ3v) is 3.37. The Balaban J connectivity index is 2.64. The van der Waals surface area contributed by atoms with E-state index in [1.165, 1.54) is 26.4 Å². The number of alkyl halides is 6. The molecule has 0 fully saturated rings. The highest BCUT2D eigenvalue weighted by molar-refractivity contribution is 7.95. The fraction of sp³-hybridized carbons (Fsp3) is 0.286. The molecule has 0 unspecified atom stereocenters. The van der Waals surface area contributed by atoms with Gasteiger partial charge < -0.3 is 18.2 Å². The average molecular weight is 417 g/mol. The summed E-state index contributed by atoms with van der Waals surface area (Å²) in [5, 5.41) is 2.35. The molecule has 2 aromatic rings. The van der Waals surface area contributed by atoms with Crippen molar-refractivity contribution < 1.29 is 44.5 Å². The highest BCUT2D eigenvalue weighted by Gasteiger charge is 2.41. The van der Waals surface area contributed by atoms with Gasteiger partial charge in [0.1, 0.15) is 17.1 Å². The van der Waals surface area contributed by atoms with Gasteiger partial charge in [0.25, 0.3) is 0 Å². The summed E-state index contributed by atoms with van der Waals surface area (Å²) in [5.74, 6) is 0.200. The first-order valence-electron chi connectivity index (χ1n) is 6.73. The van der Waals surface area contributed by atoms with Gasteiger partial charge in [-0.3, -0.25) is 0 Å². The van der Waals surface area contributed by atoms with E-state index in [4.69, 9.17) is 13.9 Å². The Morgan fingerprint density at radius 1 is 1.07 bits per heavy atom. The zero-order valence-electron chi connectivity index (χ0n) is 13.4. The van der Waals surface area contributed by atoms with Gasteiger partial charge >= 0.3 is 17.3 Å². The Bertz CT molecular complexity index is 921. The van der Waals surface area contributed by atoms with Crippen LogP contribution in [0, 0.1) is 0 Å². The van der Waals surface area contributed by atoms with E-state index >= 15 is 0 Å². The van der Waals surface area contributed by atoms with Gasteiger partial charge in [-0.1, -0.05) is 5.16 Å². The molecular formula is C14H9F6NO5S. The van der Waals surface area contributed by atoms with Crippen molar-refractivity contribution in [2.45, 2.75) is 11.7 Å². The maximum atomic E-state index is 13.2. The first-order chi connectivity index (χ1) is 12.5. The number of benzene rings is 1. The van der Waals surface area contributed by atoms with Gasteiger partial charge in [-0.05, 0) is 6.07 Å². The van der Waals surface area contributed by atoms with Crippen LogP contribution in [0.3, 0.4) is 0 Å². The summed E-state index contributed by atoms with van der Waals surface area (Å²) >= 11 is -1.27. The molecule has 0 N–H and O–H groups in total. The number of oxime groups is 1. The fourth-order valence-corrected chi connectivity index (χ4v) is 2.16. The molecule has 0 saturated carbocycles. The molecule has 0 atom stereocenters. The van der Waals surface area contributed by atoms with E-state index in [0.29, 0.717) is 0 Å². The maximum absolute atomic E-state index is 13.2. The van der Waals surface area contributed by atoms with Crippen molar-refractivity contribution in [3.63, 3.8) is 0 Å². The third-order valence-electron chi connectivity index (χ3n) is 3.03. The van der Waals surface area contributed by atoms with Crippen LogP contribution >= 0.6 is 12.0 Å². The van der Waals surface area contributed by atoms with E-state index in [0.717, 1.165) is 6.07 Å². The molecule has 13 heteroatoms. The Hall–Kier alpha value is -2.57. The topological polar surface area (TPSA) is 70.3 Å². The molecule has 27 heavy (non-hydrogen) atoms. The molecule has 1 aromatic heterocycles. The summed E-state index contributed by atoms with van der Waals surface area (Å²) in [6.07, 6.45) is -5.30. The maximum Gasteiger partial charge on any atom is 0.482 e. The number of hydrogen-bond donors (Lipinski definition) is 0. The van der Waals surface area contributed by atoms with Crippen LogP contribution in [0.5, 0.6) is 11.5 Å². The largest absolute Gasteiger partial charge is 0.496 e. The fourth-order valence-electron chi connectivity index (χ4n) is 1.97. The zero-order valence-corrected chi connectivity index (χ0v) is 14.2. The number of halogens is 6. The molecule has 0 radical (unpaired) electrons. The monoisotopic (exact) mass is 417 g/mol. The van der Waals surface area contributed by atoms with E-state index in [1.54, 1.807) is 0 Å². The Morgan fingerprint density at radius 3 is 2.26 bits per heavy atom. The predicted molar refractivity (Wildman–Crippen MR) is 82.9 cm³/mol. The summed E-state index contributed by atoms with van der Waals surface area (Å²) in [5.41, 5.74) is -9.79. The molecule has 0 aliphatic carbocycles. The minimum Gasteiger partial charge on any atom is -0.496 e. The lowest BCUT2D eigenvalue weighted by Gasteiger charge is -2.12. The van der Waals surface area contributed by atoms with E-state index < -0.39 is 40.6 Å². The van der Waals surface area contributed by atoms with Gasteiger partial charge in [-0.15, -0.1) is 0 Å². The molecule has 0 amide bonds. The highest BCUT2D eigenvalue weighted by Crippen LogP contribution is 2.34. The molecular weight excluding hydrogens is 408 g/mol. The zero-order chi connectivity index (χ0) is 20.4. The third kappa shape index (κ3) is 4.99. The normalized spacial score (nSPS) is 13.0. The molecule has 0 bridgehead atoms. The lowest BCUT2D eigenvalue weighted by atomic mass is 10.1. The van der Waals surface area contributed by atoms with Gasteiger partial charge in [0, 0.05) is 12.1 Å². The quantitative estimate of drug-likeness (QED) is 0.238. The molecule has 1 aromatic carbocycles. The Kier molecular flexibility index (Phi) is 5.82. The van der Waals surface area contributed by atoms with Gasteiger partial charge in [0.05, 0.1) is 25.2 Å². The van der Waals surface area contributed by atoms with Gasteiger partial charge in [0.2, 0.25) is 12.0 Å². The molecule has 0 aliphatic heterocycles. The van der Waals surface area contributed by atoms with Crippen molar-refractivity contribution in [2.24, 2.45) is 5.16 Å². The predicted octanol–water partition coefficient (Wildman–Crippen LogP) is 4.26. The summed E-state index contributed by atoms with van der Waals surface area (Å²) in [4.78, 5) is 12.0. The van der Waals surface area contributed by atoms with Crippen LogP contribution in [-0.2, 0) is 4.28 Å². The number of ether oxygens (including phenoxy) is 2. The van der Waals surface area contributed by atoms with Crippen molar-refractivity contribution in [3.8, 4) is 11.5 Å². The van der Waals surface area contributed by atoms with Crippen molar-refractivity contribution in [1.29, 1.82) is 0 Å². The number of methoxy groups -OCH3 is 2. The van der Waals surface area contributed by atoms with Crippen LogP contribution in [-0.4, -0.2) is 31.6 Å². The van der Waals surface area contributed by atoms with E-state index in [-0.39, 0.29) is 22.5 Å². The van der Waals surface area contributed by atoms with E-state index in [1.807, 2.05) is 0 Å². The van der Waals surface area contributed by atoms with Crippen LogP contribution < -0.4 is 15.1 Å². The Morgan fingerprint density at radius 2 is 1.74 bits per heavy atom. The van der Waals surface area contributed by atoms with Crippen molar-refractivity contribution >= 4 is 28.7 Å². The van der Waals surface area contributed by atoms with Crippen molar-refractivity contribution in [2.75, 3.05) is 14.2 Å². The lowest BCUT2D eigenvalue weighted by molar-refractivity contribution is -0.0608. The van der Waals surface area contributed by atoms with Gasteiger partial charge in [0.15, 0.2) is 5.71 Å². The summed E-state index contributed by atoms with van der Waals surface area (Å²) in [6.45, 7) is 0. The van der Waals surface area contributed by atoms with E-state index in [9.17, 15) is 31.1 Å². The summed E-state index contributed by atoms with van der Waals surface area (Å²) < 4.78 is 94.1. The minimum absolute atomic E-state index is 0.00135. The lowest BCUT2D eigenvalue weighted by Crippen LogP contribution is -2.29. The standard InChI is InChI=1S/C14H9F6NO5S/c1-23-6-3-9(24-2)7-5-8(12(22)25-10(7)4-6)11(13(15,16)17)21-26-27-14(18,19)20/h3-5H,1-2H3/b21-11+. The molecule has 6 nitrogen and oxygen atoms in total. The van der Waals surface area contributed by atoms with Crippen LogP contribution in [0.1, 0.15) is 5.56 Å². The number of hydrogen-bond acceptors (Lipinski definition) is 7. The molecule has 2 rings (SSSR count). The second-order valence-corrected chi connectivity index (χ2v) is 5.51. The minimum atomic E-state index is -5.30. The van der Waals surface area contributed by atoms with Crippen LogP contribution in [0.4, 0.5) is 26.3 Å². The van der Waals surface area contributed by atoms with Crippen molar-refractivity contribution in [1.82, 2.24) is 0 Å². The van der Waals surface area contributed by atoms with Crippen LogP contribution in [0.15, 0.2) is 32.6 Å². The number of fused-ring (bicyclic) bond motifs is 1. The SMILES string of the molecule is COc1cc(OC)c2cc(/C(=N\OSC(F)(F)F)C(F)(F)F)c(=O)oc2c1. The van der Waals surface area contributed by atoms with Gasteiger partial charge in [-0.2, -0.15) is 26.3 Å². The smallest absolute Gasteiger partial charge is 0.482 e. The highest BCUT2D eigenvalue weighted by atomic mass is 32.2. The Labute approximate surface area is 150 Å². The van der Waals surface area contributed by atoms with Crippen LogP contribution in [0.25, 0.3) is 11.0 Å². The molecule has 0 saturated heterocycles. The first kappa shape index (κ1) is 20.7. The van der Waals surface area contributed by atoms with Gasteiger partial charge in [-0.25, -0.2) is 4.79 Å². The number of rotatable bonds is 5. The van der Waals surface area contributed by atoms with E-state index in [2.05, 4.69) is 9.44 Å². The number of nitrogens with zero attached hydrogens (tertiary/aromatic N) is 1. The second-order valence-electron chi connectivity index (χ2n) is 4.73. The first-order valence-corrected chi connectivity index (χ1v) is 7.47. The summed E-state index contributed by atoms with van der Waals surface area (Å²) in [7, 11) is 2.51. The molecule has 0 spiro atoms. The molecule has 0 aliphatic rings. The summed E-state index contributed by atoms with van der Waals surface area (Å²) in [6, 6.07) is 3.27. The van der Waals surface area contributed by atoms with Crippen molar-refractivity contribution in [3.05, 3.63) is 34.2 Å². The average Bonchev–Trinajstić information content (AvgIpc) is 2.55. The molecule has 1 heterocycles. The molecule has 148 valence electrons. The van der Waals surface area contributed by atoms with Crippen LogP contribution in [0.2, 0.25) is 0 Å².